The first-order valence-electron chi connectivity index (χ1n) is 11.3. The highest BCUT2D eigenvalue weighted by Gasteiger charge is 2.43. The maximum atomic E-state index is 13.6. The lowest BCUT2D eigenvalue weighted by atomic mass is 9.95. The SMILES string of the molecule is O=C1c2[nH]nc(-c3cc(Cl)ccc3O)c2C(c2cccc(Oc3ccccc3)c2)N1Cc1ccco1. The van der Waals surface area contributed by atoms with Crippen molar-refractivity contribution >= 4 is 17.5 Å². The Balaban J connectivity index is 1.48. The monoisotopic (exact) mass is 497 g/mol. The summed E-state index contributed by atoms with van der Waals surface area (Å²) in [5.74, 6) is 1.79. The molecule has 1 aliphatic heterocycles. The molecule has 1 atom stereocenters. The second kappa shape index (κ2) is 8.94. The molecule has 3 heterocycles. The van der Waals surface area contributed by atoms with Gasteiger partial charge in [-0.05, 0) is 60.2 Å². The van der Waals surface area contributed by atoms with Gasteiger partial charge in [-0.1, -0.05) is 41.9 Å². The summed E-state index contributed by atoms with van der Waals surface area (Å²) in [6, 6.07) is 24.9. The summed E-state index contributed by atoms with van der Waals surface area (Å²) in [4.78, 5) is 15.3. The quantitative estimate of drug-likeness (QED) is 0.277. The van der Waals surface area contributed by atoms with Crippen LogP contribution in [0.3, 0.4) is 0 Å². The van der Waals surface area contributed by atoms with E-state index >= 15 is 0 Å². The number of para-hydroxylation sites is 1. The number of amides is 1. The lowest BCUT2D eigenvalue weighted by molar-refractivity contribution is 0.0717. The van der Waals surface area contributed by atoms with Gasteiger partial charge in [-0.25, -0.2) is 0 Å². The number of phenols is 1. The molecule has 6 rings (SSSR count). The van der Waals surface area contributed by atoms with E-state index in [1.165, 1.54) is 6.07 Å². The average molecular weight is 498 g/mol. The first kappa shape index (κ1) is 22.0. The Kier molecular flexibility index (Phi) is 5.47. The number of carbonyl (C=O) groups excluding carboxylic acids is 1. The second-order valence-corrected chi connectivity index (χ2v) is 8.86. The zero-order valence-electron chi connectivity index (χ0n) is 18.9. The van der Waals surface area contributed by atoms with Crippen LogP contribution in [-0.4, -0.2) is 26.1 Å². The molecule has 36 heavy (non-hydrogen) atoms. The minimum absolute atomic E-state index is 0.0190. The highest BCUT2D eigenvalue weighted by Crippen LogP contribution is 2.46. The van der Waals surface area contributed by atoms with E-state index in [1.54, 1.807) is 29.4 Å². The third-order valence-electron chi connectivity index (χ3n) is 6.14. The predicted octanol–water partition coefficient (Wildman–Crippen LogP) is 6.57. The van der Waals surface area contributed by atoms with E-state index in [4.69, 9.17) is 20.8 Å². The summed E-state index contributed by atoms with van der Waals surface area (Å²) in [6.45, 7) is 0.254. The van der Waals surface area contributed by atoms with Gasteiger partial charge in [-0.3, -0.25) is 9.89 Å². The van der Waals surface area contributed by atoms with Gasteiger partial charge >= 0.3 is 0 Å². The highest BCUT2D eigenvalue weighted by atomic mass is 35.5. The number of ether oxygens (including phenoxy) is 1. The van der Waals surface area contributed by atoms with E-state index < -0.39 is 6.04 Å². The Morgan fingerprint density at radius 2 is 1.83 bits per heavy atom. The van der Waals surface area contributed by atoms with Crippen LogP contribution in [0.1, 0.15) is 33.4 Å². The number of H-pyrrole nitrogens is 1. The number of halogens is 1. The standard InChI is InChI=1S/C28H20ClN3O4/c29-18-11-12-23(33)22(15-18)25-24-26(31-30-25)28(34)32(16-21-10-5-13-35-21)27(24)17-6-4-9-20(14-17)36-19-7-2-1-3-8-19/h1-15,27,33H,16H2,(H,30,31). The Morgan fingerprint density at radius 3 is 2.64 bits per heavy atom. The molecule has 0 fully saturated rings. The number of fused-ring (bicyclic) bond motifs is 1. The smallest absolute Gasteiger partial charge is 0.273 e. The molecule has 8 heteroatoms. The fourth-order valence-electron chi connectivity index (χ4n) is 4.55. The Morgan fingerprint density at radius 1 is 1.00 bits per heavy atom. The number of carbonyl (C=O) groups is 1. The number of aromatic hydroxyl groups is 1. The number of phenolic OH excluding ortho intramolecular Hbond substituents is 1. The molecule has 0 saturated carbocycles. The molecular formula is C28H20ClN3O4. The molecule has 2 N–H and O–H groups in total. The lowest BCUT2D eigenvalue weighted by Gasteiger charge is -2.26. The fourth-order valence-corrected chi connectivity index (χ4v) is 4.72. The van der Waals surface area contributed by atoms with Gasteiger partial charge in [-0.2, -0.15) is 5.10 Å². The van der Waals surface area contributed by atoms with Gasteiger partial charge in [0.15, 0.2) is 0 Å². The van der Waals surface area contributed by atoms with Crippen LogP contribution in [-0.2, 0) is 6.54 Å². The number of rotatable bonds is 6. The van der Waals surface area contributed by atoms with Gasteiger partial charge in [0, 0.05) is 16.1 Å². The van der Waals surface area contributed by atoms with E-state index in [1.807, 2.05) is 60.7 Å². The number of hydrogen-bond donors (Lipinski definition) is 2. The molecule has 0 bridgehead atoms. The average Bonchev–Trinajstić information content (AvgIpc) is 3.61. The molecule has 1 unspecified atom stereocenters. The van der Waals surface area contributed by atoms with Crippen molar-refractivity contribution in [3.8, 4) is 28.5 Å². The number of aromatic amines is 1. The molecule has 0 saturated heterocycles. The molecular weight excluding hydrogens is 478 g/mol. The summed E-state index contributed by atoms with van der Waals surface area (Å²) in [5.41, 5.74) is 2.73. The minimum atomic E-state index is -0.510. The number of nitrogens with one attached hydrogen (secondary N) is 1. The normalized spacial score (nSPS) is 14.8. The van der Waals surface area contributed by atoms with E-state index in [9.17, 15) is 9.90 Å². The molecule has 3 aromatic carbocycles. The maximum Gasteiger partial charge on any atom is 0.273 e. The highest BCUT2D eigenvalue weighted by molar-refractivity contribution is 6.31. The van der Waals surface area contributed by atoms with Crippen molar-refractivity contribution in [2.75, 3.05) is 0 Å². The zero-order chi connectivity index (χ0) is 24.6. The van der Waals surface area contributed by atoms with Crippen LogP contribution in [0.15, 0.2) is 95.6 Å². The van der Waals surface area contributed by atoms with E-state index in [0.29, 0.717) is 44.8 Å². The summed E-state index contributed by atoms with van der Waals surface area (Å²) < 4.78 is 11.6. The van der Waals surface area contributed by atoms with Crippen LogP contribution in [0.5, 0.6) is 17.2 Å². The molecule has 178 valence electrons. The summed E-state index contributed by atoms with van der Waals surface area (Å²) in [5, 5.41) is 18.3. The van der Waals surface area contributed by atoms with Crippen molar-refractivity contribution in [1.82, 2.24) is 15.1 Å². The fraction of sp³-hybridized carbons (Fsp3) is 0.0714. The van der Waals surface area contributed by atoms with Gasteiger partial charge in [0.1, 0.15) is 34.4 Å². The zero-order valence-corrected chi connectivity index (χ0v) is 19.6. The molecule has 0 spiro atoms. The molecule has 0 radical (unpaired) electrons. The van der Waals surface area contributed by atoms with E-state index in [2.05, 4.69) is 10.2 Å². The number of aromatic nitrogens is 2. The van der Waals surface area contributed by atoms with Crippen molar-refractivity contribution in [2.24, 2.45) is 0 Å². The van der Waals surface area contributed by atoms with Crippen molar-refractivity contribution in [3.05, 3.63) is 119 Å². The first-order valence-corrected chi connectivity index (χ1v) is 11.7. The van der Waals surface area contributed by atoms with Crippen LogP contribution < -0.4 is 4.74 Å². The van der Waals surface area contributed by atoms with Gasteiger partial charge in [0.05, 0.1) is 18.8 Å². The topological polar surface area (TPSA) is 91.6 Å². The first-order chi connectivity index (χ1) is 17.6. The molecule has 0 aliphatic carbocycles. The third-order valence-corrected chi connectivity index (χ3v) is 6.37. The number of benzene rings is 3. The molecule has 7 nitrogen and oxygen atoms in total. The van der Waals surface area contributed by atoms with E-state index in [0.717, 1.165) is 5.56 Å². The predicted molar refractivity (Wildman–Crippen MR) is 134 cm³/mol. The molecule has 1 amide bonds. The van der Waals surface area contributed by atoms with E-state index in [-0.39, 0.29) is 18.2 Å². The van der Waals surface area contributed by atoms with Gasteiger partial charge in [-0.15, -0.1) is 0 Å². The summed E-state index contributed by atoms with van der Waals surface area (Å²) >= 11 is 6.23. The molecule has 5 aromatic rings. The summed E-state index contributed by atoms with van der Waals surface area (Å²) in [7, 11) is 0. The van der Waals surface area contributed by atoms with Gasteiger partial charge in [0.25, 0.3) is 5.91 Å². The van der Waals surface area contributed by atoms with Gasteiger partial charge in [0.2, 0.25) is 0 Å². The molecule has 2 aromatic heterocycles. The number of nitrogens with zero attached hydrogens (tertiary/aromatic N) is 2. The van der Waals surface area contributed by atoms with Gasteiger partial charge < -0.3 is 19.2 Å². The lowest BCUT2D eigenvalue weighted by Crippen LogP contribution is -2.29. The number of hydrogen-bond acceptors (Lipinski definition) is 5. The van der Waals surface area contributed by atoms with Crippen LogP contribution in [0.2, 0.25) is 5.02 Å². The Bertz CT molecular complexity index is 1550. The second-order valence-electron chi connectivity index (χ2n) is 8.42. The Labute approximate surface area is 211 Å². The minimum Gasteiger partial charge on any atom is -0.507 e. The third kappa shape index (κ3) is 3.89. The van der Waals surface area contributed by atoms with Crippen LogP contribution in [0, 0.1) is 0 Å². The van der Waals surface area contributed by atoms with Crippen molar-refractivity contribution in [1.29, 1.82) is 0 Å². The maximum absolute atomic E-state index is 13.6. The van der Waals surface area contributed by atoms with Crippen molar-refractivity contribution in [2.45, 2.75) is 12.6 Å². The number of furan rings is 1. The molecule has 1 aliphatic rings. The summed E-state index contributed by atoms with van der Waals surface area (Å²) in [6.07, 6.45) is 1.58. The van der Waals surface area contributed by atoms with Crippen LogP contribution in [0.4, 0.5) is 0 Å². The largest absolute Gasteiger partial charge is 0.507 e. The van der Waals surface area contributed by atoms with Crippen LogP contribution >= 0.6 is 11.6 Å². The van der Waals surface area contributed by atoms with Crippen molar-refractivity contribution in [3.63, 3.8) is 0 Å². The van der Waals surface area contributed by atoms with Crippen molar-refractivity contribution < 1.29 is 19.1 Å². The van der Waals surface area contributed by atoms with Crippen LogP contribution in [0.25, 0.3) is 11.3 Å². The Hall–Kier alpha value is -4.49.